The summed E-state index contributed by atoms with van der Waals surface area (Å²) in [7, 11) is 0. The molecule has 0 amide bonds. The van der Waals surface area contributed by atoms with Gasteiger partial charge in [-0.25, -0.2) is 4.39 Å². The van der Waals surface area contributed by atoms with E-state index in [1.807, 2.05) is 12.1 Å². The quantitative estimate of drug-likeness (QED) is 0.0163. The third kappa shape index (κ3) is 24.5. The normalized spacial score (nSPS) is 35.7. The zero-order chi connectivity index (χ0) is 108. The van der Waals surface area contributed by atoms with Crippen molar-refractivity contribution in [3.05, 3.63) is 57.9 Å². The van der Waals surface area contributed by atoms with Crippen molar-refractivity contribution in [2.45, 2.75) is 354 Å². The van der Waals surface area contributed by atoms with Gasteiger partial charge in [0.15, 0.2) is 35.5 Å². The fourth-order valence-corrected chi connectivity index (χ4v) is 32.6. The third-order valence-electron chi connectivity index (χ3n) is 35.7. The average Bonchev–Trinajstić information content (AvgIpc) is 1.05. The number of carboxylic acid groups (broad SMARTS) is 5. The van der Waals surface area contributed by atoms with Crippen LogP contribution in [0, 0.1) is 113 Å². The van der Waals surface area contributed by atoms with E-state index in [1.54, 1.807) is 12.1 Å². The Bertz CT molecular complexity index is 5520. The van der Waals surface area contributed by atoms with Gasteiger partial charge in [-0.2, -0.15) is 13.2 Å². The Morgan fingerprint density at radius 2 is 0.613 bits per heavy atom. The van der Waals surface area contributed by atoms with Crippen LogP contribution in [-0.4, -0.2) is 184 Å². The van der Waals surface area contributed by atoms with Crippen LogP contribution in [0.15, 0.2) is 48.5 Å². The first kappa shape index (κ1) is 110. The standard InChI is InChI=1S/C24H28O9.C22H23FO7.C22H23IO7.C22H30O7.C18H21F3O7/c25-16(20(27)28)1-2-17(26)33-24-8-11-3-12(9-24)7-23(6-11,10-24)22(30)32-18-13-4-14-15(5-13)21(29)31-19(14)18;2*23-15-1-3-16(4-2-15)29-20(28)21-8-13-7-14(9-21)11-22(10-13,12-21)30-18(25)6-5-17(24)19(26)27;23-17(19(25)26)6-7-18(24)29-22-11-14-8-15(12-22)10-21(9-14,13-22)20(27)28-16-4-2-1-3-5-16;19-18(20,21)9-27-15(26)16-4-10-3-11(5-16)7-17(6-10,8-16)28-13(23)2-1-12(22)14(24)25/h11-15,18-19H,1-10H2,(H,27,28);2*1-4,13-14H,5-12H2,(H,26,27);14-16H,1-13H2,(H,25,26);10-11H,1-9H2,(H,24,25)/p-5. The number of fused-ring (bicyclic) bond motifs is 1. The monoisotopic (exact) mass is 2210 g/mol. The van der Waals surface area contributed by atoms with Gasteiger partial charge in [-0.3, -0.25) is 76.7 Å². The molecule has 22 bridgehead atoms. The van der Waals surface area contributed by atoms with Crippen molar-refractivity contribution in [1.29, 1.82) is 0 Å². The highest BCUT2D eigenvalue weighted by molar-refractivity contribution is 14.1. The average molecular weight is 2210 g/mol. The highest BCUT2D eigenvalue weighted by Crippen LogP contribution is 2.70. The maximum atomic E-state index is 13.6. The summed E-state index contributed by atoms with van der Waals surface area (Å²) in [4.78, 5) is 248. The number of alkyl halides is 3. The molecule has 1 aliphatic heterocycles. The Morgan fingerprint density at radius 1 is 0.340 bits per heavy atom. The smallest absolute Gasteiger partial charge is 0.422 e. The van der Waals surface area contributed by atoms with E-state index in [0.29, 0.717) is 133 Å². The number of esters is 11. The molecule has 1 heterocycles. The summed E-state index contributed by atoms with van der Waals surface area (Å²) in [6.07, 6.45) is 17.2. The number of benzene rings is 2. The lowest BCUT2D eigenvalue weighted by atomic mass is 9.48. The van der Waals surface area contributed by atoms with Crippen LogP contribution >= 0.6 is 22.6 Å². The summed E-state index contributed by atoms with van der Waals surface area (Å²) in [6.45, 7) is -1.65. The largest absolute Gasteiger partial charge is 0.542 e. The van der Waals surface area contributed by atoms with Crippen molar-refractivity contribution in [3.63, 3.8) is 0 Å². The maximum absolute atomic E-state index is 13.6. The molecule has 2 aromatic carbocycles. The predicted octanol–water partition coefficient (Wildman–Crippen LogP) is 7.27. The van der Waals surface area contributed by atoms with Gasteiger partial charge in [-0.05, 0) is 329 Å². The van der Waals surface area contributed by atoms with Gasteiger partial charge in [0.25, 0.3) is 0 Å². The van der Waals surface area contributed by atoms with Gasteiger partial charge in [0.05, 0.1) is 65.1 Å². The van der Waals surface area contributed by atoms with Crippen molar-refractivity contribution in [3.8, 4) is 11.5 Å². The number of Topliss-reactive ketones (excluding diaryl/α,β-unsaturated/α-hetero) is 5. The predicted molar refractivity (Wildman–Crippen MR) is 492 cm³/mol. The first-order chi connectivity index (χ1) is 70.7. The molecule has 42 heteroatoms. The summed E-state index contributed by atoms with van der Waals surface area (Å²) in [5, 5.41) is 52.6. The van der Waals surface area contributed by atoms with Crippen molar-refractivity contribution in [2.24, 2.45) is 104 Å². The second-order valence-electron chi connectivity index (χ2n) is 47.4. The fourth-order valence-electron chi connectivity index (χ4n) is 32.2. The lowest BCUT2D eigenvalue weighted by Gasteiger charge is -2.60. The number of hydrogen-bond donors (Lipinski definition) is 0. The number of carbonyl (C=O) groups excluding carboxylic acids is 21. The molecule has 23 aliphatic carbocycles. The molecular weight excluding hydrogens is 2090 g/mol. The highest BCUT2D eigenvalue weighted by Gasteiger charge is 2.71. The third-order valence-corrected chi connectivity index (χ3v) is 36.4. The lowest BCUT2D eigenvalue weighted by molar-refractivity contribution is -0.301. The zero-order valence-electron chi connectivity index (χ0n) is 82.8. The van der Waals surface area contributed by atoms with Gasteiger partial charge in [0, 0.05) is 79.6 Å². The molecule has 37 nitrogen and oxygen atoms in total. The number of aliphatic carboxylic acids is 5. The second-order valence-corrected chi connectivity index (χ2v) is 48.6. The van der Waals surface area contributed by atoms with E-state index in [1.165, 1.54) is 30.7 Å². The van der Waals surface area contributed by atoms with E-state index in [0.717, 1.165) is 113 Å². The van der Waals surface area contributed by atoms with E-state index in [2.05, 4.69) is 27.3 Å². The molecule has 15 atom stereocenters. The molecule has 0 N–H and O–H groups in total. The molecular formula is C108H120F4IO37-5. The Morgan fingerprint density at radius 3 is 0.900 bits per heavy atom. The van der Waals surface area contributed by atoms with Crippen molar-refractivity contribution >= 4 is 147 Å². The summed E-state index contributed by atoms with van der Waals surface area (Å²) in [6, 6.07) is 12.5. The van der Waals surface area contributed by atoms with Gasteiger partial charge < -0.3 is 102 Å². The lowest BCUT2D eigenvalue weighted by Crippen LogP contribution is -2.60. The summed E-state index contributed by atoms with van der Waals surface area (Å²) >= 11 is 2.18. The van der Waals surface area contributed by atoms with Crippen molar-refractivity contribution in [1.82, 2.24) is 0 Å². The van der Waals surface area contributed by atoms with Gasteiger partial charge >= 0.3 is 71.8 Å². The van der Waals surface area contributed by atoms with E-state index in [-0.39, 0.29) is 145 Å². The molecule has 23 saturated carbocycles. The number of carboxylic acids is 5. The Balaban J connectivity index is 0.000000128. The molecule has 2 aromatic rings. The van der Waals surface area contributed by atoms with Gasteiger partial charge in [-0.15, -0.1) is 0 Å². The Kier molecular flexibility index (Phi) is 31.5. The maximum Gasteiger partial charge on any atom is 0.422 e. The molecule has 814 valence electrons. The highest BCUT2D eigenvalue weighted by atomic mass is 127. The zero-order valence-corrected chi connectivity index (χ0v) is 85.0. The molecule has 24 aliphatic rings. The molecule has 15 unspecified atom stereocenters. The second kappa shape index (κ2) is 43.0. The molecule has 0 aromatic heterocycles. The summed E-state index contributed by atoms with van der Waals surface area (Å²) < 4.78 is 114. The van der Waals surface area contributed by atoms with Gasteiger partial charge in [0.1, 0.15) is 93.5 Å². The molecule has 0 spiro atoms. The first-order valence-electron chi connectivity index (χ1n) is 52.4. The van der Waals surface area contributed by atoms with Crippen LogP contribution < -0.4 is 35.0 Å². The number of ketones is 5. The minimum atomic E-state index is -4.62. The molecule has 24 fully saturated rings. The van der Waals surface area contributed by atoms with E-state index < -0.39 is 213 Å². The first-order valence-corrected chi connectivity index (χ1v) is 53.5. The number of carbonyl (C=O) groups is 21. The SMILES string of the molecule is O=C(CCC(=O)C(=O)[O-])OC12CC3CC(C1)CC(C(=O)OC1C4CC5C(=O)OC1C5C4)(C3)C2.O=C(CCC(=O)C(=O)[O-])OC12CC3CC(C1)CC(C(=O)OC1CCCCC1)(C3)C2.O=C(CCC(=O)C(=O)[O-])OC12CC3CC(C1)CC(C(=O)OCC(F)(F)F)(C3)C2.O=C(CCC(=O)C(=O)[O-])OC12CC3CC(C1)CC(C(=O)Oc1ccc(F)cc1)(C3)C2.O=C(CCC(=O)C(=O)[O-])OC12CC3CC(C1)CC(C(=O)Oc1ccc(I)cc1)(C3)C2. The van der Waals surface area contributed by atoms with Crippen LogP contribution in [0.2, 0.25) is 0 Å². The minimum Gasteiger partial charge on any atom is -0.542 e. The minimum absolute atomic E-state index is 0.0124. The number of halogens is 5. The Hall–Kier alpha value is -11.2. The van der Waals surface area contributed by atoms with Gasteiger partial charge in [-0.1, -0.05) is 6.42 Å². The number of hydrogen-bond acceptors (Lipinski definition) is 37. The van der Waals surface area contributed by atoms with Crippen LogP contribution in [0.5, 0.6) is 11.5 Å². The topological polar surface area (TPSA) is 575 Å². The number of rotatable bonds is 35. The van der Waals surface area contributed by atoms with Crippen LogP contribution in [-0.2, 0) is 143 Å². The summed E-state index contributed by atoms with van der Waals surface area (Å²) in [5.74, 6) is -17.2. The molecule has 1 saturated heterocycles. The summed E-state index contributed by atoms with van der Waals surface area (Å²) in [5.41, 5.74) is -7.80. The fraction of sp³-hybridized carbons (Fsp3) is 0.694. The number of ether oxygens (including phenoxy) is 11. The van der Waals surface area contributed by atoms with Crippen molar-refractivity contribution < 1.29 is 196 Å². The van der Waals surface area contributed by atoms with E-state index >= 15 is 0 Å². The molecule has 0 radical (unpaired) electrons. The van der Waals surface area contributed by atoms with Crippen LogP contribution in [0.25, 0.3) is 0 Å². The van der Waals surface area contributed by atoms with E-state index in [4.69, 9.17) is 47.4 Å². The molecule has 26 rings (SSSR count). The van der Waals surface area contributed by atoms with Crippen LogP contribution in [0.4, 0.5) is 17.6 Å². The van der Waals surface area contributed by atoms with Gasteiger partial charge in [0.2, 0.25) is 0 Å². The Labute approximate surface area is 872 Å². The van der Waals surface area contributed by atoms with Crippen LogP contribution in [0.1, 0.15) is 302 Å². The van der Waals surface area contributed by atoms with Crippen LogP contribution in [0.3, 0.4) is 0 Å². The van der Waals surface area contributed by atoms with E-state index in [9.17, 15) is 144 Å². The molecule has 150 heavy (non-hydrogen) atoms. The van der Waals surface area contributed by atoms with Crippen molar-refractivity contribution in [2.75, 3.05) is 6.61 Å².